The summed E-state index contributed by atoms with van der Waals surface area (Å²) >= 11 is 0. The molecule has 1 aromatic carbocycles. The van der Waals surface area contributed by atoms with E-state index >= 15 is 0 Å². The molecule has 1 unspecified atom stereocenters. The van der Waals surface area contributed by atoms with Gasteiger partial charge in [0.1, 0.15) is 5.75 Å². The average Bonchev–Trinajstić information content (AvgIpc) is 2.57. The second-order valence-corrected chi connectivity index (χ2v) is 5.20. The Bertz CT molecular complexity index is 625. The van der Waals surface area contributed by atoms with Crippen LogP contribution in [0.2, 0.25) is 0 Å². The number of rotatable bonds is 4. The van der Waals surface area contributed by atoms with E-state index in [0.29, 0.717) is 23.9 Å². The first-order valence-electron chi connectivity index (χ1n) is 7.39. The van der Waals surface area contributed by atoms with Gasteiger partial charge in [0.2, 0.25) is 11.8 Å². The second kappa shape index (κ2) is 7.04. The van der Waals surface area contributed by atoms with Crippen molar-refractivity contribution < 1.29 is 14.3 Å². The first-order chi connectivity index (χ1) is 10.8. The molecule has 2 heterocycles. The average molecular weight is 298 g/mol. The van der Waals surface area contributed by atoms with Gasteiger partial charge in [-0.05, 0) is 31.0 Å². The first-order valence-corrected chi connectivity index (χ1v) is 7.39. The minimum Gasteiger partial charge on any atom is -0.439 e. The Labute approximate surface area is 129 Å². The molecule has 1 N–H and O–H groups in total. The Hall–Kier alpha value is -2.40. The molecule has 0 aliphatic carbocycles. The van der Waals surface area contributed by atoms with E-state index in [4.69, 9.17) is 9.47 Å². The monoisotopic (exact) mass is 298 g/mol. The summed E-state index contributed by atoms with van der Waals surface area (Å²) in [6.45, 7) is 1.23. The number of nitrogens with one attached hydrogen (secondary N) is 1. The van der Waals surface area contributed by atoms with Crippen LogP contribution < -0.4 is 10.1 Å². The summed E-state index contributed by atoms with van der Waals surface area (Å²) in [6, 6.07) is 12.9. The van der Waals surface area contributed by atoms with Crippen molar-refractivity contribution in [2.75, 3.05) is 18.5 Å². The molecular formula is C17H18N2O3. The minimum atomic E-state index is -0.0830. The predicted molar refractivity (Wildman–Crippen MR) is 82.9 cm³/mol. The Kier molecular flexibility index (Phi) is 4.65. The van der Waals surface area contributed by atoms with Crippen molar-refractivity contribution in [3.05, 3.63) is 48.7 Å². The summed E-state index contributed by atoms with van der Waals surface area (Å²) in [5.41, 5.74) is 0.677. The molecule has 1 aliphatic heterocycles. The lowest BCUT2D eigenvalue weighted by molar-refractivity contribution is -0.123. The fraction of sp³-hybridized carbons (Fsp3) is 0.294. The quantitative estimate of drug-likeness (QED) is 0.941. The molecule has 0 bridgehead atoms. The van der Waals surface area contributed by atoms with Crippen LogP contribution in [-0.4, -0.2) is 24.1 Å². The summed E-state index contributed by atoms with van der Waals surface area (Å²) in [7, 11) is 0. The minimum absolute atomic E-state index is 0.0171. The van der Waals surface area contributed by atoms with Gasteiger partial charge in [-0.2, -0.15) is 0 Å². The topological polar surface area (TPSA) is 60.5 Å². The number of benzene rings is 1. The van der Waals surface area contributed by atoms with Crippen LogP contribution >= 0.6 is 0 Å². The molecule has 3 rings (SSSR count). The van der Waals surface area contributed by atoms with E-state index in [-0.39, 0.29) is 11.8 Å². The van der Waals surface area contributed by atoms with E-state index in [2.05, 4.69) is 10.3 Å². The first kappa shape index (κ1) is 14.5. The van der Waals surface area contributed by atoms with Crippen LogP contribution in [0.5, 0.6) is 11.6 Å². The lowest BCUT2D eigenvalue weighted by atomic mass is 10.0. The lowest BCUT2D eigenvalue weighted by Gasteiger charge is -2.21. The van der Waals surface area contributed by atoms with Crippen molar-refractivity contribution in [2.24, 2.45) is 5.92 Å². The third-order valence-electron chi connectivity index (χ3n) is 3.50. The second-order valence-electron chi connectivity index (χ2n) is 5.20. The molecule has 5 heteroatoms. The molecule has 1 aliphatic rings. The Balaban J connectivity index is 1.64. The van der Waals surface area contributed by atoms with E-state index in [1.807, 2.05) is 30.3 Å². The number of carbonyl (C=O) groups excluding carboxylic acids is 1. The van der Waals surface area contributed by atoms with Crippen LogP contribution in [0.15, 0.2) is 48.7 Å². The van der Waals surface area contributed by atoms with Crippen LogP contribution in [0.25, 0.3) is 0 Å². The molecule has 1 amide bonds. The zero-order chi connectivity index (χ0) is 15.2. The van der Waals surface area contributed by atoms with Crippen molar-refractivity contribution in [2.45, 2.75) is 12.8 Å². The highest BCUT2D eigenvalue weighted by atomic mass is 16.5. The van der Waals surface area contributed by atoms with E-state index < -0.39 is 0 Å². The third kappa shape index (κ3) is 3.83. The van der Waals surface area contributed by atoms with Crippen LogP contribution in [0.1, 0.15) is 12.8 Å². The number of nitrogens with zero attached hydrogens (tertiary/aromatic N) is 1. The van der Waals surface area contributed by atoms with E-state index in [0.717, 1.165) is 19.4 Å². The molecule has 22 heavy (non-hydrogen) atoms. The highest BCUT2D eigenvalue weighted by molar-refractivity contribution is 5.92. The highest BCUT2D eigenvalue weighted by Crippen LogP contribution is 2.22. The van der Waals surface area contributed by atoms with Gasteiger partial charge in [-0.15, -0.1) is 0 Å². The Morgan fingerprint density at radius 3 is 2.91 bits per heavy atom. The van der Waals surface area contributed by atoms with Gasteiger partial charge in [-0.3, -0.25) is 4.79 Å². The number of hydrogen-bond acceptors (Lipinski definition) is 4. The van der Waals surface area contributed by atoms with Crippen LogP contribution in [0, 0.1) is 5.92 Å². The maximum atomic E-state index is 12.2. The van der Waals surface area contributed by atoms with Crippen molar-refractivity contribution >= 4 is 11.6 Å². The van der Waals surface area contributed by atoms with Gasteiger partial charge in [0.25, 0.3) is 0 Å². The third-order valence-corrected chi connectivity index (χ3v) is 3.50. The molecule has 1 fully saturated rings. The van der Waals surface area contributed by atoms with Crippen molar-refractivity contribution in [1.29, 1.82) is 0 Å². The smallest absolute Gasteiger partial charge is 0.229 e. The Morgan fingerprint density at radius 2 is 2.14 bits per heavy atom. The highest BCUT2D eigenvalue weighted by Gasteiger charge is 2.21. The summed E-state index contributed by atoms with van der Waals surface area (Å²) in [5, 5.41) is 2.90. The number of anilines is 1. The van der Waals surface area contributed by atoms with E-state index in [9.17, 15) is 4.79 Å². The fourth-order valence-corrected chi connectivity index (χ4v) is 2.34. The molecule has 1 atom stereocenters. The maximum absolute atomic E-state index is 12.2. The Morgan fingerprint density at radius 1 is 1.27 bits per heavy atom. The van der Waals surface area contributed by atoms with Gasteiger partial charge in [0.05, 0.1) is 12.5 Å². The molecular weight excluding hydrogens is 280 g/mol. The number of carbonyl (C=O) groups is 1. The predicted octanol–water partition coefficient (Wildman–Crippen LogP) is 3.24. The molecule has 0 radical (unpaired) electrons. The summed E-state index contributed by atoms with van der Waals surface area (Å²) in [4.78, 5) is 16.3. The molecule has 1 saturated heterocycles. The van der Waals surface area contributed by atoms with Gasteiger partial charge in [-0.25, -0.2) is 4.98 Å². The summed E-state index contributed by atoms with van der Waals surface area (Å²) < 4.78 is 11.0. The van der Waals surface area contributed by atoms with E-state index in [1.165, 1.54) is 0 Å². The largest absolute Gasteiger partial charge is 0.439 e. The number of aromatic nitrogens is 1. The van der Waals surface area contributed by atoms with Gasteiger partial charge in [0, 0.05) is 24.6 Å². The standard InChI is InChI=1S/C17H18N2O3/c20-17(13-5-4-10-21-12-13)19-14-8-9-18-16(11-14)22-15-6-2-1-3-7-15/h1-3,6-9,11,13H,4-5,10,12H2,(H,18,19,20). The van der Waals surface area contributed by atoms with Gasteiger partial charge >= 0.3 is 0 Å². The fourth-order valence-electron chi connectivity index (χ4n) is 2.34. The number of pyridine rings is 1. The van der Waals surface area contributed by atoms with Crippen molar-refractivity contribution in [3.8, 4) is 11.6 Å². The molecule has 0 saturated carbocycles. The summed E-state index contributed by atoms with van der Waals surface area (Å²) in [5.74, 6) is 1.06. The molecule has 5 nitrogen and oxygen atoms in total. The molecule has 1 aromatic heterocycles. The number of amides is 1. The van der Waals surface area contributed by atoms with Crippen LogP contribution in [0.3, 0.4) is 0 Å². The normalized spacial score (nSPS) is 17.7. The van der Waals surface area contributed by atoms with Gasteiger partial charge in [-0.1, -0.05) is 18.2 Å². The van der Waals surface area contributed by atoms with Gasteiger partial charge in [0.15, 0.2) is 0 Å². The van der Waals surface area contributed by atoms with Gasteiger partial charge < -0.3 is 14.8 Å². The number of para-hydroxylation sites is 1. The summed E-state index contributed by atoms with van der Waals surface area (Å²) in [6.07, 6.45) is 3.41. The molecule has 114 valence electrons. The molecule has 0 spiro atoms. The molecule has 2 aromatic rings. The zero-order valence-electron chi connectivity index (χ0n) is 12.2. The zero-order valence-corrected chi connectivity index (χ0v) is 12.2. The lowest BCUT2D eigenvalue weighted by Crippen LogP contribution is -2.30. The number of ether oxygens (including phenoxy) is 2. The van der Waals surface area contributed by atoms with Crippen molar-refractivity contribution in [3.63, 3.8) is 0 Å². The SMILES string of the molecule is O=C(Nc1ccnc(Oc2ccccc2)c1)C1CCCOC1. The van der Waals surface area contributed by atoms with Crippen molar-refractivity contribution in [1.82, 2.24) is 4.98 Å². The maximum Gasteiger partial charge on any atom is 0.229 e. The number of hydrogen-bond donors (Lipinski definition) is 1. The van der Waals surface area contributed by atoms with Crippen LogP contribution in [-0.2, 0) is 9.53 Å². The van der Waals surface area contributed by atoms with E-state index in [1.54, 1.807) is 18.3 Å². The van der Waals surface area contributed by atoms with Crippen LogP contribution in [0.4, 0.5) is 5.69 Å².